The van der Waals surface area contributed by atoms with Crippen molar-refractivity contribution < 1.29 is 10.0 Å². The zero-order chi connectivity index (χ0) is 13.9. The minimum Gasteiger partial charge on any atom is -0.409 e. The fourth-order valence-electron chi connectivity index (χ4n) is 1.42. The summed E-state index contributed by atoms with van der Waals surface area (Å²) in [6, 6.07) is 1.72. The predicted molar refractivity (Wildman–Crippen MR) is 76.3 cm³/mol. The van der Waals surface area contributed by atoms with Gasteiger partial charge in [0.05, 0.1) is 8.66 Å². The number of amides is 1. The number of carbonyl (C=O) groups is 1. The van der Waals surface area contributed by atoms with E-state index in [-0.39, 0.29) is 17.8 Å². The van der Waals surface area contributed by atoms with Crippen molar-refractivity contribution in [2.24, 2.45) is 10.9 Å². The van der Waals surface area contributed by atoms with Gasteiger partial charge in [-0.2, -0.15) is 0 Å². The van der Waals surface area contributed by atoms with Gasteiger partial charge in [0.15, 0.2) is 0 Å². The van der Waals surface area contributed by atoms with E-state index in [0.29, 0.717) is 11.3 Å². The highest BCUT2D eigenvalue weighted by atomic mass is 79.9. The highest BCUT2D eigenvalue weighted by Gasteiger charge is 2.20. The quantitative estimate of drug-likeness (QED) is 0.384. The fourth-order valence-corrected chi connectivity index (χ4v) is 2.94. The summed E-state index contributed by atoms with van der Waals surface area (Å²) in [5.74, 6) is 0.0535. The van der Waals surface area contributed by atoms with E-state index in [4.69, 9.17) is 10.9 Å². The van der Waals surface area contributed by atoms with Gasteiger partial charge in [0, 0.05) is 19.5 Å². The molecule has 100 valence electrons. The van der Waals surface area contributed by atoms with Crippen molar-refractivity contribution in [3.8, 4) is 0 Å². The first-order valence-corrected chi connectivity index (χ1v) is 6.97. The summed E-state index contributed by atoms with van der Waals surface area (Å²) < 4.78 is 0.961. The fraction of sp³-hybridized carbons (Fsp3) is 0.455. The van der Waals surface area contributed by atoms with Crippen LogP contribution < -0.4 is 5.73 Å². The topological polar surface area (TPSA) is 78.9 Å². The van der Waals surface area contributed by atoms with Gasteiger partial charge in [-0.25, -0.2) is 0 Å². The summed E-state index contributed by atoms with van der Waals surface area (Å²) in [5.41, 5.74) is 6.48. The van der Waals surface area contributed by atoms with Crippen molar-refractivity contribution in [2.75, 3.05) is 7.05 Å². The second kappa shape index (κ2) is 6.19. The number of nitrogens with two attached hydrogens (primary N) is 1. The monoisotopic (exact) mass is 333 g/mol. The number of carbonyl (C=O) groups excluding carboxylic acids is 1. The van der Waals surface area contributed by atoms with E-state index in [1.807, 2.05) is 19.9 Å². The first kappa shape index (κ1) is 15.0. The van der Waals surface area contributed by atoms with Gasteiger partial charge in [0.2, 0.25) is 0 Å². The average Bonchev–Trinajstić information content (AvgIpc) is 2.67. The van der Waals surface area contributed by atoms with E-state index in [1.165, 1.54) is 11.3 Å². The molecule has 0 aromatic carbocycles. The van der Waals surface area contributed by atoms with Crippen molar-refractivity contribution >= 4 is 39.0 Å². The average molecular weight is 334 g/mol. The molecule has 0 saturated carbocycles. The van der Waals surface area contributed by atoms with Crippen molar-refractivity contribution in [1.82, 2.24) is 4.90 Å². The maximum Gasteiger partial charge on any atom is 0.263 e. The van der Waals surface area contributed by atoms with E-state index in [1.54, 1.807) is 11.9 Å². The first-order chi connectivity index (χ1) is 8.36. The Bertz CT molecular complexity index is 453. The molecule has 0 aliphatic carbocycles. The van der Waals surface area contributed by atoms with E-state index >= 15 is 0 Å². The Morgan fingerprint density at radius 3 is 2.78 bits per heavy atom. The lowest BCUT2D eigenvalue weighted by molar-refractivity contribution is 0.0752. The van der Waals surface area contributed by atoms with Crippen LogP contribution in [0.25, 0.3) is 0 Å². The van der Waals surface area contributed by atoms with Crippen LogP contribution in [-0.4, -0.2) is 34.9 Å². The maximum atomic E-state index is 12.2. The molecule has 0 spiro atoms. The summed E-state index contributed by atoms with van der Waals surface area (Å²) in [4.78, 5) is 14.5. The van der Waals surface area contributed by atoms with Gasteiger partial charge in [-0.3, -0.25) is 4.79 Å². The zero-order valence-electron chi connectivity index (χ0n) is 10.5. The highest BCUT2D eigenvalue weighted by molar-refractivity contribution is 9.11. The number of amidine groups is 1. The minimum absolute atomic E-state index is 0.0629. The van der Waals surface area contributed by atoms with Crippen LogP contribution in [0.5, 0.6) is 0 Å². The van der Waals surface area contributed by atoms with Crippen molar-refractivity contribution in [1.29, 1.82) is 0 Å². The third-order valence-corrected chi connectivity index (χ3v) is 4.81. The van der Waals surface area contributed by atoms with Crippen molar-refractivity contribution in [3.05, 3.63) is 20.3 Å². The minimum atomic E-state index is -0.130. The molecule has 1 atom stereocenters. The number of aryl methyl sites for hydroxylation is 1. The molecule has 1 amide bonds. The molecule has 1 aromatic rings. The van der Waals surface area contributed by atoms with E-state index in [2.05, 4.69) is 21.1 Å². The van der Waals surface area contributed by atoms with Crippen LogP contribution in [0.1, 0.15) is 28.6 Å². The summed E-state index contributed by atoms with van der Waals surface area (Å²) in [6.07, 6.45) is 0.338. The Morgan fingerprint density at radius 1 is 1.72 bits per heavy atom. The third kappa shape index (κ3) is 3.46. The summed E-state index contributed by atoms with van der Waals surface area (Å²) >= 11 is 4.81. The number of oxime groups is 1. The Morgan fingerprint density at radius 2 is 2.33 bits per heavy atom. The van der Waals surface area contributed by atoms with Gasteiger partial charge in [0.1, 0.15) is 5.84 Å². The standard InChI is InChI=1S/C11H16BrN3O2S/c1-6-4-8(18-10(6)12)11(16)15(3)7(2)5-9(13)14-17/h4,7,17H,5H2,1-3H3,(H2,13,14). The maximum absolute atomic E-state index is 12.2. The lowest BCUT2D eigenvalue weighted by atomic mass is 10.2. The number of halogens is 1. The van der Waals surface area contributed by atoms with Crippen LogP contribution >= 0.6 is 27.3 Å². The van der Waals surface area contributed by atoms with Crippen LogP contribution in [0.15, 0.2) is 15.0 Å². The summed E-state index contributed by atoms with van der Waals surface area (Å²) in [6.45, 7) is 3.79. The molecule has 0 bridgehead atoms. The number of nitrogens with zero attached hydrogens (tertiary/aromatic N) is 2. The normalized spacial score (nSPS) is 13.4. The number of hydrogen-bond donors (Lipinski definition) is 2. The zero-order valence-corrected chi connectivity index (χ0v) is 12.9. The van der Waals surface area contributed by atoms with Crippen LogP contribution in [0.3, 0.4) is 0 Å². The molecule has 18 heavy (non-hydrogen) atoms. The van der Waals surface area contributed by atoms with Gasteiger partial charge < -0.3 is 15.8 Å². The van der Waals surface area contributed by atoms with Crippen molar-refractivity contribution in [3.63, 3.8) is 0 Å². The molecule has 5 nitrogen and oxygen atoms in total. The molecule has 7 heteroatoms. The smallest absolute Gasteiger partial charge is 0.263 e. The molecule has 0 saturated heterocycles. The van der Waals surface area contributed by atoms with E-state index in [9.17, 15) is 4.79 Å². The molecule has 1 unspecified atom stereocenters. The lowest BCUT2D eigenvalue weighted by Crippen LogP contribution is -2.37. The van der Waals surface area contributed by atoms with Gasteiger partial charge in [-0.15, -0.1) is 11.3 Å². The summed E-state index contributed by atoms with van der Waals surface area (Å²) in [7, 11) is 1.71. The van der Waals surface area contributed by atoms with Gasteiger partial charge >= 0.3 is 0 Å². The lowest BCUT2D eigenvalue weighted by Gasteiger charge is -2.23. The molecule has 1 aromatic heterocycles. The Labute approximate surface area is 118 Å². The molecule has 0 fully saturated rings. The van der Waals surface area contributed by atoms with Gasteiger partial charge in [0.25, 0.3) is 5.91 Å². The SMILES string of the molecule is Cc1cc(C(=O)N(C)C(C)CC(N)=NO)sc1Br. The molecular weight excluding hydrogens is 318 g/mol. The van der Waals surface area contributed by atoms with Crippen LogP contribution in [0.2, 0.25) is 0 Å². The first-order valence-electron chi connectivity index (χ1n) is 5.36. The van der Waals surface area contributed by atoms with Crippen molar-refractivity contribution in [2.45, 2.75) is 26.3 Å². The van der Waals surface area contributed by atoms with E-state index < -0.39 is 0 Å². The second-order valence-corrected chi connectivity index (χ2v) is 6.50. The molecule has 3 N–H and O–H groups in total. The van der Waals surface area contributed by atoms with Crippen LogP contribution in [0, 0.1) is 6.92 Å². The predicted octanol–water partition coefficient (Wildman–Crippen LogP) is 2.42. The highest BCUT2D eigenvalue weighted by Crippen LogP contribution is 2.28. The molecule has 0 aliphatic heterocycles. The van der Waals surface area contributed by atoms with Crippen LogP contribution in [0.4, 0.5) is 0 Å². The largest absolute Gasteiger partial charge is 0.409 e. The van der Waals surface area contributed by atoms with Gasteiger partial charge in [-0.1, -0.05) is 5.16 Å². The summed E-state index contributed by atoms with van der Waals surface area (Å²) in [5, 5.41) is 11.4. The Hall–Kier alpha value is -1.08. The molecule has 0 aliphatic rings. The molecule has 1 rings (SSSR count). The van der Waals surface area contributed by atoms with Crippen LogP contribution in [-0.2, 0) is 0 Å². The third-order valence-electron chi connectivity index (χ3n) is 2.68. The number of rotatable bonds is 4. The molecular formula is C11H16BrN3O2S. The molecule has 0 radical (unpaired) electrons. The number of thiophene rings is 1. The van der Waals surface area contributed by atoms with E-state index in [0.717, 1.165) is 9.35 Å². The van der Waals surface area contributed by atoms with Gasteiger partial charge in [-0.05, 0) is 41.4 Å². The second-order valence-electron chi connectivity index (χ2n) is 4.13. The number of hydrogen-bond acceptors (Lipinski definition) is 4. The molecule has 1 heterocycles. The Balaban J connectivity index is 2.77. The Kier molecular flexibility index (Phi) is 5.15.